The summed E-state index contributed by atoms with van der Waals surface area (Å²) in [5.74, 6) is 1.64. The van der Waals surface area contributed by atoms with Crippen molar-refractivity contribution in [2.24, 2.45) is 11.5 Å². The predicted molar refractivity (Wildman–Crippen MR) is 113 cm³/mol. The second kappa shape index (κ2) is 8.94. The van der Waals surface area contributed by atoms with E-state index in [9.17, 15) is 0 Å². The van der Waals surface area contributed by atoms with E-state index in [1.54, 1.807) is 11.8 Å². The molecule has 3 nitrogen and oxygen atoms in total. The van der Waals surface area contributed by atoms with Crippen molar-refractivity contribution in [2.45, 2.75) is 68.7 Å². The average Bonchev–Trinajstić information content (AvgIpc) is 2.69. The lowest BCUT2D eigenvalue weighted by Gasteiger charge is -2.27. The molecule has 26 heavy (non-hydrogen) atoms. The third kappa shape index (κ3) is 5.03. The normalized spacial score (nSPS) is 12.2. The highest BCUT2D eigenvalue weighted by Gasteiger charge is 2.23. The minimum absolute atomic E-state index is 0.203. The van der Waals surface area contributed by atoms with Gasteiger partial charge in [-0.25, -0.2) is 0 Å². The van der Waals surface area contributed by atoms with Crippen LogP contribution in [0.5, 0.6) is 11.5 Å². The zero-order valence-electron chi connectivity index (χ0n) is 16.4. The Morgan fingerprint density at radius 3 is 1.62 bits per heavy atom. The van der Waals surface area contributed by atoms with Gasteiger partial charge in [0.05, 0.1) is 4.87 Å². The number of thioether (sulfide) groups is 1. The Bertz CT molecular complexity index is 674. The van der Waals surface area contributed by atoms with Crippen LogP contribution in [0, 0.1) is 0 Å². The van der Waals surface area contributed by atoms with Crippen LogP contribution in [0.25, 0.3) is 0 Å². The van der Waals surface area contributed by atoms with Crippen molar-refractivity contribution >= 4 is 11.8 Å². The van der Waals surface area contributed by atoms with Crippen molar-refractivity contribution in [1.29, 1.82) is 0 Å². The van der Waals surface area contributed by atoms with Crippen molar-refractivity contribution in [1.82, 2.24) is 0 Å². The lowest BCUT2D eigenvalue weighted by molar-refractivity contribution is 0.411. The van der Waals surface area contributed by atoms with E-state index < -0.39 is 0 Å². The third-order valence-corrected chi connectivity index (χ3v) is 6.76. The molecule has 0 fully saturated rings. The summed E-state index contributed by atoms with van der Waals surface area (Å²) in [6, 6.07) is 16.2. The summed E-state index contributed by atoms with van der Waals surface area (Å²) >= 11 is 1.72. The molecule has 0 unspecified atom stereocenters. The summed E-state index contributed by atoms with van der Waals surface area (Å²) < 4.78 is 5.97. The average molecular weight is 373 g/mol. The molecule has 4 heteroatoms. The van der Waals surface area contributed by atoms with Crippen LogP contribution in [0.2, 0.25) is 0 Å². The van der Waals surface area contributed by atoms with Crippen molar-refractivity contribution in [2.75, 3.05) is 0 Å². The van der Waals surface area contributed by atoms with E-state index in [0.29, 0.717) is 0 Å². The lowest BCUT2D eigenvalue weighted by atomic mass is 9.86. The standard InChI is InChI=1S/C22H32N2OS/c1-5-21(23,6-2)17-9-11-18(12-10-17)25-19-13-15-20(16-14-19)26-22(24,7-3)8-4/h9-16H,5-8,23-24H2,1-4H3. The van der Waals surface area contributed by atoms with Gasteiger partial charge in [-0.15, -0.1) is 11.8 Å². The maximum atomic E-state index is 6.46. The second-order valence-electron chi connectivity index (χ2n) is 6.84. The molecular formula is C22H32N2OS. The molecule has 0 heterocycles. The van der Waals surface area contributed by atoms with Crippen LogP contribution in [0.1, 0.15) is 58.9 Å². The van der Waals surface area contributed by atoms with E-state index in [2.05, 4.69) is 52.0 Å². The smallest absolute Gasteiger partial charge is 0.127 e. The highest BCUT2D eigenvalue weighted by molar-refractivity contribution is 8.00. The lowest BCUT2D eigenvalue weighted by Crippen LogP contribution is -2.34. The molecule has 0 saturated carbocycles. The van der Waals surface area contributed by atoms with Crippen molar-refractivity contribution in [3.8, 4) is 11.5 Å². The molecule has 0 aliphatic heterocycles. The zero-order chi connectivity index (χ0) is 19.2. The predicted octanol–water partition coefficient (Wildman–Crippen LogP) is 6.02. The van der Waals surface area contributed by atoms with Gasteiger partial charge in [-0.3, -0.25) is 0 Å². The fourth-order valence-electron chi connectivity index (χ4n) is 2.85. The quantitative estimate of drug-likeness (QED) is 0.417. The Morgan fingerprint density at radius 1 is 0.731 bits per heavy atom. The monoisotopic (exact) mass is 372 g/mol. The Kier molecular flexibility index (Phi) is 7.16. The molecule has 0 aliphatic rings. The highest BCUT2D eigenvalue weighted by atomic mass is 32.2. The molecule has 2 aromatic carbocycles. The summed E-state index contributed by atoms with van der Waals surface area (Å²) in [6.45, 7) is 8.51. The molecule has 2 aromatic rings. The van der Waals surface area contributed by atoms with Gasteiger partial charge in [0.15, 0.2) is 0 Å². The third-order valence-electron chi connectivity index (χ3n) is 5.27. The number of ether oxygens (including phenoxy) is 1. The van der Waals surface area contributed by atoms with E-state index in [0.717, 1.165) is 47.6 Å². The van der Waals surface area contributed by atoms with E-state index in [1.165, 1.54) is 0 Å². The van der Waals surface area contributed by atoms with Gasteiger partial charge in [0.2, 0.25) is 0 Å². The summed E-state index contributed by atoms with van der Waals surface area (Å²) in [7, 11) is 0. The zero-order valence-corrected chi connectivity index (χ0v) is 17.2. The summed E-state index contributed by atoms with van der Waals surface area (Å²) in [4.78, 5) is 0.962. The van der Waals surface area contributed by atoms with Gasteiger partial charge in [-0.05, 0) is 67.6 Å². The molecule has 0 aromatic heterocycles. The van der Waals surface area contributed by atoms with Crippen LogP contribution in [-0.4, -0.2) is 4.87 Å². The van der Waals surface area contributed by atoms with Gasteiger partial charge < -0.3 is 16.2 Å². The van der Waals surface area contributed by atoms with Crippen LogP contribution >= 0.6 is 11.8 Å². The second-order valence-corrected chi connectivity index (χ2v) is 8.32. The van der Waals surface area contributed by atoms with Gasteiger partial charge in [-0.1, -0.05) is 39.8 Å². The van der Waals surface area contributed by atoms with Gasteiger partial charge in [0.25, 0.3) is 0 Å². The van der Waals surface area contributed by atoms with Crippen LogP contribution in [0.4, 0.5) is 0 Å². The number of rotatable bonds is 9. The highest BCUT2D eigenvalue weighted by Crippen LogP contribution is 2.35. The van der Waals surface area contributed by atoms with E-state index in [1.807, 2.05) is 24.3 Å². The van der Waals surface area contributed by atoms with Gasteiger partial charge in [0, 0.05) is 10.4 Å². The van der Waals surface area contributed by atoms with Gasteiger partial charge >= 0.3 is 0 Å². The van der Waals surface area contributed by atoms with Crippen molar-refractivity contribution in [3.05, 3.63) is 54.1 Å². The van der Waals surface area contributed by atoms with Crippen LogP contribution in [0.3, 0.4) is 0 Å². The molecule has 0 atom stereocenters. The maximum absolute atomic E-state index is 6.46. The first-order chi connectivity index (χ1) is 12.4. The molecule has 0 bridgehead atoms. The topological polar surface area (TPSA) is 61.3 Å². The van der Waals surface area contributed by atoms with E-state index in [4.69, 9.17) is 16.2 Å². The van der Waals surface area contributed by atoms with Crippen molar-refractivity contribution in [3.63, 3.8) is 0 Å². The van der Waals surface area contributed by atoms with Gasteiger partial charge in [-0.2, -0.15) is 0 Å². The Labute approximate surface area is 162 Å². The molecule has 2 rings (SSSR count). The molecule has 0 saturated heterocycles. The van der Waals surface area contributed by atoms with Crippen LogP contribution < -0.4 is 16.2 Å². The number of nitrogens with two attached hydrogens (primary N) is 2. The molecule has 4 N–H and O–H groups in total. The Hall–Kier alpha value is -1.49. The first-order valence-corrected chi connectivity index (χ1v) is 10.3. The minimum atomic E-state index is -0.259. The molecule has 0 aliphatic carbocycles. The number of hydrogen-bond acceptors (Lipinski definition) is 4. The molecule has 142 valence electrons. The van der Waals surface area contributed by atoms with Gasteiger partial charge in [0.1, 0.15) is 11.5 Å². The fourth-order valence-corrected chi connectivity index (χ4v) is 3.88. The summed E-state index contributed by atoms with van der Waals surface area (Å²) in [6.07, 6.45) is 3.72. The molecule has 0 radical (unpaired) electrons. The SMILES string of the molecule is CCC(N)(CC)Sc1ccc(Oc2ccc(C(N)(CC)CC)cc2)cc1. The van der Waals surface area contributed by atoms with E-state index >= 15 is 0 Å². The first-order valence-electron chi connectivity index (χ1n) is 9.53. The largest absolute Gasteiger partial charge is 0.457 e. The van der Waals surface area contributed by atoms with Crippen molar-refractivity contribution < 1.29 is 4.74 Å². The Morgan fingerprint density at radius 2 is 1.19 bits per heavy atom. The van der Waals surface area contributed by atoms with E-state index in [-0.39, 0.29) is 10.4 Å². The summed E-state index contributed by atoms with van der Waals surface area (Å²) in [5.41, 5.74) is 13.7. The summed E-state index contributed by atoms with van der Waals surface area (Å²) in [5, 5.41) is 0. The first kappa shape index (κ1) is 20.8. The molecule has 0 amide bonds. The molecular weight excluding hydrogens is 340 g/mol. The fraction of sp³-hybridized carbons (Fsp3) is 0.455. The minimum Gasteiger partial charge on any atom is -0.457 e. The van der Waals surface area contributed by atoms with Crippen LogP contribution in [0.15, 0.2) is 53.4 Å². The maximum Gasteiger partial charge on any atom is 0.127 e. The molecule has 0 spiro atoms. The van der Waals surface area contributed by atoms with Crippen LogP contribution in [-0.2, 0) is 5.54 Å². The number of hydrogen-bond donors (Lipinski definition) is 2. The Balaban J connectivity index is 2.05. The number of benzene rings is 2.